The fourth-order valence-electron chi connectivity index (χ4n) is 2.00. The van der Waals surface area contributed by atoms with Crippen LogP contribution in [0.5, 0.6) is 0 Å². The molecule has 2 aromatic rings. The number of hydrogen-bond acceptors (Lipinski definition) is 2. The lowest BCUT2D eigenvalue weighted by atomic mass is 10.1. The van der Waals surface area contributed by atoms with E-state index in [1.807, 2.05) is 19.9 Å². The van der Waals surface area contributed by atoms with Gasteiger partial charge in [-0.3, -0.25) is 4.85 Å². The van der Waals surface area contributed by atoms with Crippen LogP contribution in [0.2, 0.25) is 0 Å². The average Bonchev–Trinajstić information content (AvgIpc) is 2.40. The standard InChI is InChI=1S/C16H15NO2S/c1-12-7-9-15(10-8-12)20(18,19)16(17-3)14-6-4-5-13(2)11-14/h4-11,16H,1-2H3/t16-/m1/s1. The second kappa shape index (κ2) is 5.48. The quantitative estimate of drug-likeness (QED) is 0.807. The number of hydrogen-bond donors (Lipinski definition) is 0. The van der Waals surface area contributed by atoms with Gasteiger partial charge in [-0.15, -0.1) is 0 Å². The molecule has 0 bridgehead atoms. The second-order valence-electron chi connectivity index (χ2n) is 4.75. The summed E-state index contributed by atoms with van der Waals surface area (Å²) in [6.07, 6.45) is 0. The normalized spacial score (nSPS) is 12.7. The van der Waals surface area contributed by atoms with Gasteiger partial charge in [-0.05, 0) is 32.0 Å². The Bertz CT molecular complexity index is 756. The summed E-state index contributed by atoms with van der Waals surface area (Å²) in [4.78, 5) is 3.52. The van der Waals surface area contributed by atoms with Gasteiger partial charge in [-0.25, -0.2) is 15.0 Å². The fraction of sp³-hybridized carbons (Fsp3) is 0.188. The van der Waals surface area contributed by atoms with Crippen LogP contribution in [0.1, 0.15) is 22.1 Å². The van der Waals surface area contributed by atoms with Crippen LogP contribution in [0.25, 0.3) is 4.85 Å². The summed E-state index contributed by atoms with van der Waals surface area (Å²) < 4.78 is 25.1. The van der Waals surface area contributed by atoms with Crippen molar-refractivity contribution < 1.29 is 8.42 Å². The Kier molecular flexibility index (Phi) is 3.91. The molecule has 0 aliphatic carbocycles. The summed E-state index contributed by atoms with van der Waals surface area (Å²) in [5.74, 6) is 0. The zero-order chi connectivity index (χ0) is 14.8. The Balaban J connectivity index is 2.51. The molecular formula is C16H15NO2S. The van der Waals surface area contributed by atoms with Crippen molar-refractivity contribution in [3.8, 4) is 0 Å². The van der Waals surface area contributed by atoms with E-state index in [1.54, 1.807) is 42.5 Å². The minimum Gasteiger partial charge on any atom is -0.291 e. The fourth-order valence-corrected chi connectivity index (χ4v) is 3.42. The molecule has 0 saturated heterocycles. The van der Waals surface area contributed by atoms with Crippen LogP contribution < -0.4 is 0 Å². The molecule has 0 aromatic heterocycles. The molecule has 0 radical (unpaired) electrons. The van der Waals surface area contributed by atoms with E-state index >= 15 is 0 Å². The summed E-state index contributed by atoms with van der Waals surface area (Å²) in [6, 6.07) is 13.7. The number of aryl methyl sites for hydroxylation is 2. The molecule has 1 atom stereocenters. The van der Waals surface area contributed by atoms with Gasteiger partial charge in [0.15, 0.2) is 0 Å². The molecule has 102 valence electrons. The van der Waals surface area contributed by atoms with Gasteiger partial charge < -0.3 is 0 Å². The molecule has 3 nitrogen and oxygen atoms in total. The Morgan fingerprint density at radius 2 is 1.65 bits per heavy atom. The van der Waals surface area contributed by atoms with Crippen molar-refractivity contribution in [3.63, 3.8) is 0 Å². The average molecular weight is 285 g/mol. The minimum absolute atomic E-state index is 0.186. The highest BCUT2D eigenvalue weighted by Crippen LogP contribution is 2.30. The molecule has 0 unspecified atom stereocenters. The Morgan fingerprint density at radius 3 is 2.20 bits per heavy atom. The first kappa shape index (κ1) is 14.3. The molecule has 20 heavy (non-hydrogen) atoms. The van der Waals surface area contributed by atoms with Gasteiger partial charge in [0.25, 0.3) is 9.84 Å². The largest absolute Gasteiger partial charge is 0.350 e. The molecule has 0 spiro atoms. The number of sulfone groups is 1. The molecule has 4 heteroatoms. The van der Waals surface area contributed by atoms with Crippen molar-refractivity contribution in [1.29, 1.82) is 0 Å². The maximum Gasteiger partial charge on any atom is 0.350 e. The highest BCUT2D eigenvalue weighted by molar-refractivity contribution is 7.91. The van der Waals surface area contributed by atoms with Gasteiger partial charge in [0.2, 0.25) is 0 Å². The smallest absolute Gasteiger partial charge is 0.291 e. The first-order chi connectivity index (χ1) is 9.45. The summed E-state index contributed by atoms with van der Waals surface area (Å²) >= 11 is 0. The van der Waals surface area contributed by atoms with Crippen molar-refractivity contribution >= 4 is 9.84 Å². The van der Waals surface area contributed by atoms with Gasteiger partial charge >= 0.3 is 5.37 Å². The zero-order valence-corrected chi connectivity index (χ0v) is 12.2. The van der Waals surface area contributed by atoms with Gasteiger partial charge in [-0.1, -0.05) is 41.5 Å². The maximum absolute atomic E-state index is 12.6. The monoisotopic (exact) mass is 285 g/mol. The molecule has 0 saturated carbocycles. The van der Waals surface area contributed by atoms with Gasteiger partial charge in [0.05, 0.1) is 10.5 Å². The van der Waals surface area contributed by atoms with Gasteiger partial charge in [0, 0.05) is 0 Å². The van der Waals surface area contributed by atoms with Crippen molar-refractivity contribution in [2.75, 3.05) is 0 Å². The minimum atomic E-state index is -3.69. The first-order valence-electron chi connectivity index (χ1n) is 6.19. The van der Waals surface area contributed by atoms with Crippen LogP contribution >= 0.6 is 0 Å². The molecule has 0 aliphatic rings. The predicted octanol–water partition coefficient (Wildman–Crippen LogP) is 3.70. The predicted molar refractivity (Wildman–Crippen MR) is 78.9 cm³/mol. The maximum atomic E-state index is 12.6. The van der Waals surface area contributed by atoms with E-state index < -0.39 is 15.2 Å². The lowest BCUT2D eigenvalue weighted by Crippen LogP contribution is -2.10. The zero-order valence-electron chi connectivity index (χ0n) is 11.4. The van der Waals surface area contributed by atoms with Crippen LogP contribution in [-0.4, -0.2) is 8.42 Å². The van der Waals surface area contributed by atoms with E-state index in [0.717, 1.165) is 11.1 Å². The molecular weight excluding hydrogens is 270 g/mol. The van der Waals surface area contributed by atoms with E-state index in [9.17, 15) is 8.42 Å². The summed E-state index contributed by atoms with van der Waals surface area (Å²) in [5.41, 5.74) is 2.44. The molecule has 0 aliphatic heterocycles. The third-order valence-electron chi connectivity index (χ3n) is 3.09. The number of benzene rings is 2. The Morgan fingerprint density at radius 1 is 1.00 bits per heavy atom. The SMILES string of the molecule is [C-]#[N+][C@@H](c1cccc(C)c1)S(=O)(=O)c1ccc(C)cc1. The Labute approximate surface area is 119 Å². The van der Waals surface area contributed by atoms with Crippen LogP contribution in [0.4, 0.5) is 0 Å². The first-order valence-corrected chi connectivity index (χ1v) is 7.73. The van der Waals surface area contributed by atoms with E-state index in [4.69, 9.17) is 6.57 Å². The lowest BCUT2D eigenvalue weighted by Gasteiger charge is -2.09. The molecule has 0 amide bonds. The van der Waals surface area contributed by atoms with E-state index in [2.05, 4.69) is 4.85 Å². The Hall–Kier alpha value is -2.12. The number of rotatable bonds is 3. The summed E-state index contributed by atoms with van der Waals surface area (Å²) in [7, 11) is -3.69. The summed E-state index contributed by atoms with van der Waals surface area (Å²) in [6.45, 7) is 11.0. The highest BCUT2D eigenvalue weighted by atomic mass is 32.2. The van der Waals surface area contributed by atoms with Crippen LogP contribution in [0.15, 0.2) is 53.4 Å². The topological polar surface area (TPSA) is 38.5 Å². The lowest BCUT2D eigenvalue weighted by molar-refractivity contribution is 0.590. The van der Waals surface area contributed by atoms with Crippen molar-refractivity contribution in [1.82, 2.24) is 0 Å². The third kappa shape index (κ3) is 2.73. The molecule has 2 aromatic carbocycles. The molecule has 2 rings (SSSR count). The van der Waals surface area contributed by atoms with Crippen LogP contribution in [-0.2, 0) is 9.84 Å². The van der Waals surface area contributed by atoms with Gasteiger partial charge in [-0.2, -0.15) is 0 Å². The van der Waals surface area contributed by atoms with E-state index in [0.29, 0.717) is 5.56 Å². The summed E-state index contributed by atoms with van der Waals surface area (Å²) in [5, 5.41) is -1.19. The molecule has 0 heterocycles. The third-order valence-corrected chi connectivity index (χ3v) is 4.98. The number of nitrogens with zero attached hydrogens (tertiary/aromatic N) is 1. The van der Waals surface area contributed by atoms with Crippen LogP contribution in [0, 0.1) is 20.4 Å². The van der Waals surface area contributed by atoms with Crippen LogP contribution in [0.3, 0.4) is 0 Å². The molecule has 0 fully saturated rings. The van der Waals surface area contributed by atoms with E-state index in [-0.39, 0.29) is 4.90 Å². The molecule has 0 N–H and O–H groups in total. The van der Waals surface area contributed by atoms with Crippen molar-refractivity contribution in [2.24, 2.45) is 0 Å². The highest BCUT2D eigenvalue weighted by Gasteiger charge is 2.34. The van der Waals surface area contributed by atoms with Crippen molar-refractivity contribution in [3.05, 3.63) is 76.6 Å². The van der Waals surface area contributed by atoms with Crippen molar-refractivity contribution in [2.45, 2.75) is 24.1 Å². The second-order valence-corrected chi connectivity index (χ2v) is 6.76. The van der Waals surface area contributed by atoms with Gasteiger partial charge in [0.1, 0.15) is 0 Å². The van der Waals surface area contributed by atoms with E-state index in [1.165, 1.54) is 0 Å².